The molecule has 11 nitrogen and oxygen atoms in total. The zero-order chi connectivity index (χ0) is 28.1. The summed E-state index contributed by atoms with van der Waals surface area (Å²) in [5.74, 6) is 1.99. The Kier molecular flexibility index (Phi) is 8.30. The number of methoxy groups -OCH3 is 2. The van der Waals surface area contributed by atoms with Gasteiger partial charge in [-0.2, -0.15) is 10.1 Å². The maximum absolute atomic E-state index is 12.3. The number of aromatic nitrogens is 4. The molecule has 39 heavy (non-hydrogen) atoms. The van der Waals surface area contributed by atoms with Crippen molar-refractivity contribution in [2.45, 2.75) is 6.92 Å². The summed E-state index contributed by atoms with van der Waals surface area (Å²) >= 11 is 0. The highest BCUT2D eigenvalue weighted by atomic mass is 16.5. The molecule has 0 aliphatic heterocycles. The summed E-state index contributed by atoms with van der Waals surface area (Å²) in [6.07, 6.45) is 4.74. The quantitative estimate of drug-likeness (QED) is 0.278. The molecule has 204 valence electrons. The molecule has 0 radical (unpaired) electrons. The Balaban J connectivity index is 1.72. The van der Waals surface area contributed by atoms with Crippen LogP contribution in [0.4, 0.5) is 23.0 Å². The Labute approximate surface area is 228 Å². The summed E-state index contributed by atoms with van der Waals surface area (Å²) in [6, 6.07) is 9.44. The number of amides is 1. The van der Waals surface area contributed by atoms with Crippen molar-refractivity contribution in [2.75, 3.05) is 64.0 Å². The standard InChI is InChI=1S/C28H34N8O3/c1-8-26(37)31-21-14-22(25(39-7)15-24(21)35(5)12-11-34(3)4)32-28-29-16-18(2)27(33-28)36-23-10-9-20(38-6)13-19(23)17-30-36/h8-10,13-17H,1,11-12H2,2-7H3,(H,31,37)(H,29,32,33). The lowest BCUT2D eigenvalue weighted by molar-refractivity contribution is -0.111. The number of fused-ring (bicyclic) bond motifs is 1. The van der Waals surface area contributed by atoms with Crippen molar-refractivity contribution in [3.8, 4) is 17.3 Å². The summed E-state index contributed by atoms with van der Waals surface area (Å²) < 4.78 is 12.8. The average Bonchev–Trinajstić information content (AvgIpc) is 3.35. The largest absolute Gasteiger partial charge is 0.497 e. The second kappa shape index (κ2) is 11.8. The number of rotatable bonds is 11. The third-order valence-corrected chi connectivity index (χ3v) is 6.22. The van der Waals surface area contributed by atoms with Gasteiger partial charge in [0.2, 0.25) is 11.9 Å². The van der Waals surface area contributed by atoms with Gasteiger partial charge in [0, 0.05) is 43.4 Å². The first kappa shape index (κ1) is 27.4. The first-order valence-corrected chi connectivity index (χ1v) is 12.4. The molecule has 1 amide bonds. The van der Waals surface area contributed by atoms with Crippen LogP contribution in [0.2, 0.25) is 0 Å². The minimum atomic E-state index is -0.315. The number of nitrogens with zero attached hydrogens (tertiary/aromatic N) is 6. The number of carbonyl (C=O) groups excluding carboxylic acids is 1. The highest BCUT2D eigenvalue weighted by Gasteiger charge is 2.18. The van der Waals surface area contributed by atoms with E-state index < -0.39 is 0 Å². The van der Waals surface area contributed by atoms with E-state index in [-0.39, 0.29) is 5.91 Å². The summed E-state index contributed by atoms with van der Waals surface area (Å²) in [5, 5.41) is 11.6. The van der Waals surface area contributed by atoms with Crippen molar-refractivity contribution in [3.05, 3.63) is 60.9 Å². The number of hydrogen-bond donors (Lipinski definition) is 2. The number of ether oxygens (including phenoxy) is 2. The Morgan fingerprint density at radius 1 is 1.08 bits per heavy atom. The van der Waals surface area contributed by atoms with Gasteiger partial charge in [-0.05, 0) is 51.4 Å². The zero-order valence-electron chi connectivity index (χ0n) is 23.1. The molecular weight excluding hydrogens is 496 g/mol. The van der Waals surface area contributed by atoms with Gasteiger partial charge in [0.05, 0.1) is 43.0 Å². The predicted octanol–water partition coefficient (Wildman–Crippen LogP) is 4.01. The van der Waals surface area contributed by atoms with Crippen LogP contribution in [0.3, 0.4) is 0 Å². The monoisotopic (exact) mass is 530 g/mol. The third kappa shape index (κ3) is 6.10. The van der Waals surface area contributed by atoms with Crippen LogP contribution < -0.4 is 25.0 Å². The van der Waals surface area contributed by atoms with Gasteiger partial charge in [0.15, 0.2) is 5.82 Å². The highest BCUT2D eigenvalue weighted by Crippen LogP contribution is 2.38. The highest BCUT2D eigenvalue weighted by molar-refractivity contribution is 6.02. The molecule has 0 aliphatic rings. The van der Waals surface area contributed by atoms with E-state index in [1.165, 1.54) is 6.08 Å². The van der Waals surface area contributed by atoms with Gasteiger partial charge in [-0.3, -0.25) is 4.79 Å². The summed E-state index contributed by atoms with van der Waals surface area (Å²) in [6.45, 7) is 7.09. The number of benzene rings is 2. The van der Waals surface area contributed by atoms with Crippen LogP contribution >= 0.6 is 0 Å². The molecule has 2 heterocycles. The normalized spacial score (nSPS) is 10.9. The van der Waals surface area contributed by atoms with Crippen molar-refractivity contribution >= 4 is 39.8 Å². The fourth-order valence-electron chi connectivity index (χ4n) is 4.04. The van der Waals surface area contributed by atoms with E-state index in [9.17, 15) is 4.79 Å². The van der Waals surface area contributed by atoms with Crippen LogP contribution in [0.15, 0.2) is 55.4 Å². The van der Waals surface area contributed by atoms with Crippen molar-refractivity contribution in [1.29, 1.82) is 0 Å². The molecule has 2 aromatic carbocycles. The van der Waals surface area contributed by atoms with Crippen LogP contribution in [-0.4, -0.2) is 79.0 Å². The average molecular weight is 531 g/mol. The fraction of sp³-hybridized carbons (Fsp3) is 0.286. The number of aryl methyl sites for hydroxylation is 1. The number of nitrogens with one attached hydrogen (secondary N) is 2. The second-order valence-electron chi connectivity index (χ2n) is 9.29. The fourth-order valence-corrected chi connectivity index (χ4v) is 4.04. The second-order valence-corrected chi connectivity index (χ2v) is 9.29. The van der Waals surface area contributed by atoms with E-state index in [2.05, 4.69) is 37.1 Å². The van der Waals surface area contributed by atoms with Gasteiger partial charge in [-0.25, -0.2) is 9.67 Å². The number of likely N-dealkylation sites (N-methyl/N-ethyl adjacent to an activating group) is 2. The van der Waals surface area contributed by atoms with Crippen LogP contribution in [-0.2, 0) is 4.79 Å². The molecule has 0 unspecified atom stereocenters. The molecule has 4 rings (SSSR count). The molecule has 0 atom stereocenters. The minimum Gasteiger partial charge on any atom is -0.497 e. The van der Waals surface area contributed by atoms with Crippen LogP contribution in [0, 0.1) is 6.92 Å². The first-order valence-electron chi connectivity index (χ1n) is 12.4. The zero-order valence-corrected chi connectivity index (χ0v) is 23.1. The first-order chi connectivity index (χ1) is 18.7. The Bertz CT molecular complexity index is 1500. The van der Waals surface area contributed by atoms with Crippen molar-refractivity contribution in [3.63, 3.8) is 0 Å². The lowest BCUT2D eigenvalue weighted by atomic mass is 10.2. The van der Waals surface area contributed by atoms with Crippen LogP contribution in [0.25, 0.3) is 16.7 Å². The van der Waals surface area contributed by atoms with E-state index in [4.69, 9.17) is 14.5 Å². The van der Waals surface area contributed by atoms with Crippen LogP contribution in [0.1, 0.15) is 5.56 Å². The van der Waals surface area contributed by atoms with E-state index in [1.807, 2.05) is 52.3 Å². The van der Waals surface area contributed by atoms with Gasteiger partial charge in [-0.1, -0.05) is 6.58 Å². The van der Waals surface area contributed by atoms with Crippen molar-refractivity contribution in [2.24, 2.45) is 0 Å². The van der Waals surface area contributed by atoms with Gasteiger partial charge in [-0.15, -0.1) is 0 Å². The molecule has 4 aromatic rings. The Hall–Kier alpha value is -4.64. The van der Waals surface area contributed by atoms with E-state index in [1.54, 1.807) is 37.4 Å². The molecular formula is C28H34N8O3. The molecule has 11 heteroatoms. The topological polar surface area (TPSA) is 110 Å². The summed E-state index contributed by atoms with van der Waals surface area (Å²) in [7, 11) is 9.22. The lowest BCUT2D eigenvalue weighted by Gasteiger charge is -2.26. The number of anilines is 4. The van der Waals surface area contributed by atoms with E-state index in [0.29, 0.717) is 28.9 Å². The van der Waals surface area contributed by atoms with Gasteiger partial charge >= 0.3 is 0 Å². The number of hydrogen-bond acceptors (Lipinski definition) is 9. The molecule has 0 bridgehead atoms. The van der Waals surface area contributed by atoms with Crippen molar-refractivity contribution < 1.29 is 14.3 Å². The summed E-state index contributed by atoms with van der Waals surface area (Å²) in [5.41, 5.74) is 3.74. The summed E-state index contributed by atoms with van der Waals surface area (Å²) in [4.78, 5) is 25.7. The molecule has 2 aromatic heterocycles. The molecule has 0 fully saturated rings. The maximum Gasteiger partial charge on any atom is 0.247 e. The number of carbonyl (C=O) groups is 1. The Morgan fingerprint density at radius 3 is 2.56 bits per heavy atom. The van der Waals surface area contributed by atoms with Crippen LogP contribution in [0.5, 0.6) is 11.5 Å². The minimum absolute atomic E-state index is 0.315. The van der Waals surface area contributed by atoms with Gasteiger partial charge < -0.3 is 29.9 Å². The molecule has 0 saturated carbocycles. The molecule has 0 saturated heterocycles. The van der Waals surface area contributed by atoms with Gasteiger partial charge in [0.1, 0.15) is 11.5 Å². The van der Waals surface area contributed by atoms with E-state index >= 15 is 0 Å². The van der Waals surface area contributed by atoms with Crippen molar-refractivity contribution in [1.82, 2.24) is 24.6 Å². The maximum atomic E-state index is 12.3. The van der Waals surface area contributed by atoms with Gasteiger partial charge in [0.25, 0.3) is 0 Å². The smallest absolute Gasteiger partial charge is 0.247 e. The SMILES string of the molecule is C=CC(=O)Nc1cc(Nc2ncc(C)c(-n3ncc4cc(OC)ccc43)n2)c(OC)cc1N(C)CCN(C)C. The third-order valence-electron chi connectivity index (χ3n) is 6.22. The molecule has 2 N–H and O–H groups in total. The van der Waals surface area contributed by atoms with E-state index in [0.717, 1.165) is 41.0 Å². The predicted molar refractivity (Wildman–Crippen MR) is 155 cm³/mol. The molecule has 0 aliphatic carbocycles. The Morgan fingerprint density at radius 2 is 1.87 bits per heavy atom. The molecule has 0 spiro atoms. The lowest BCUT2D eigenvalue weighted by Crippen LogP contribution is -2.29.